The van der Waals surface area contributed by atoms with Gasteiger partial charge in [-0.15, -0.1) is 0 Å². The highest BCUT2D eigenvalue weighted by atomic mass is 16.5. The summed E-state index contributed by atoms with van der Waals surface area (Å²) in [6.45, 7) is 11.1. The van der Waals surface area contributed by atoms with Gasteiger partial charge in [-0.25, -0.2) is 4.98 Å². The summed E-state index contributed by atoms with van der Waals surface area (Å²) in [5.74, 6) is 2.32. The van der Waals surface area contributed by atoms with Crippen LogP contribution in [0.25, 0.3) is 0 Å². The summed E-state index contributed by atoms with van der Waals surface area (Å²) in [4.78, 5) is 9.01. The normalized spacial score (nSPS) is 16.6. The molecule has 0 spiro atoms. The van der Waals surface area contributed by atoms with Crippen LogP contribution in [0.5, 0.6) is 5.75 Å². The highest BCUT2D eigenvalue weighted by molar-refractivity contribution is 5.39. The second-order valence-corrected chi connectivity index (χ2v) is 7.64. The number of piperazine rings is 1. The monoisotopic (exact) mass is 369 g/mol. The van der Waals surface area contributed by atoms with E-state index in [-0.39, 0.29) is 0 Å². The maximum atomic E-state index is 10.5. The lowest BCUT2D eigenvalue weighted by molar-refractivity contribution is 0.0658. The molecule has 0 saturated carbocycles. The summed E-state index contributed by atoms with van der Waals surface area (Å²) in [5.41, 5.74) is 2.37. The number of aryl methyl sites for hydroxylation is 1. The molecule has 2 heterocycles. The summed E-state index contributed by atoms with van der Waals surface area (Å²) in [5, 5.41) is 10.5. The zero-order chi connectivity index (χ0) is 19.2. The van der Waals surface area contributed by atoms with Crippen molar-refractivity contribution in [2.45, 2.75) is 32.8 Å². The molecule has 0 bridgehead atoms. The Balaban J connectivity index is 1.47. The second-order valence-electron chi connectivity index (χ2n) is 7.64. The molecule has 146 valence electrons. The van der Waals surface area contributed by atoms with E-state index in [1.54, 1.807) is 0 Å². The molecule has 0 aliphatic carbocycles. The third-order valence-electron chi connectivity index (χ3n) is 5.04. The Morgan fingerprint density at radius 2 is 1.89 bits per heavy atom. The fraction of sp³-hybridized carbons (Fsp3) is 0.500. The first-order valence-corrected chi connectivity index (χ1v) is 9.82. The van der Waals surface area contributed by atoms with Crippen LogP contribution >= 0.6 is 0 Å². The van der Waals surface area contributed by atoms with Crippen LogP contribution in [0, 0.1) is 6.92 Å². The summed E-state index contributed by atoms with van der Waals surface area (Å²) >= 11 is 0. The van der Waals surface area contributed by atoms with Gasteiger partial charge in [0.2, 0.25) is 0 Å². The average Bonchev–Trinajstić information content (AvgIpc) is 2.67. The van der Waals surface area contributed by atoms with Gasteiger partial charge >= 0.3 is 0 Å². The Kier molecular flexibility index (Phi) is 6.69. The van der Waals surface area contributed by atoms with Crippen molar-refractivity contribution >= 4 is 5.82 Å². The fourth-order valence-corrected chi connectivity index (χ4v) is 3.48. The third-order valence-corrected chi connectivity index (χ3v) is 5.04. The largest absolute Gasteiger partial charge is 0.491 e. The van der Waals surface area contributed by atoms with Crippen LogP contribution in [0.15, 0.2) is 42.6 Å². The molecule has 1 N–H and O–H groups in total. The van der Waals surface area contributed by atoms with Crippen molar-refractivity contribution in [1.82, 2.24) is 9.88 Å². The molecular weight excluding hydrogens is 338 g/mol. The van der Waals surface area contributed by atoms with E-state index in [2.05, 4.69) is 53.8 Å². The highest BCUT2D eigenvalue weighted by Gasteiger charge is 2.20. The van der Waals surface area contributed by atoms with E-state index in [9.17, 15) is 5.11 Å². The summed E-state index contributed by atoms with van der Waals surface area (Å²) in [6, 6.07) is 12.3. The van der Waals surface area contributed by atoms with E-state index >= 15 is 0 Å². The molecule has 0 amide bonds. The maximum absolute atomic E-state index is 10.5. The third kappa shape index (κ3) is 5.44. The van der Waals surface area contributed by atoms with Crippen LogP contribution in [0.3, 0.4) is 0 Å². The van der Waals surface area contributed by atoms with Crippen LogP contribution < -0.4 is 9.64 Å². The number of hydrogen-bond donors (Lipinski definition) is 1. The van der Waals surface area contributed by atoms with Gasteiger partial charge < -0.3 is 14.7 Å². The van der Waals surface area contributed by atoms with Crippen molar-refractivity contribution in [3.63, 3.8) is 0 Å². The molecule has 1 fully saturated rings. The van der Waals surface area contributed by atoms with Crippen LogP contribution in [-0.2, 0) is 0 Å². The lowest BCUT2D eigenvalue weighted by atomic mass is 10.0. The molecule has 1 aliphatic heterocycles. The van der Waals surface area contributed by atoms with Gasteiger partial charge in [-0.2, -0.15) is 0 Å². The van der Waals surface area contributed by atoms with E-state index in [0.717, 1.165) is 37.7 Å². The number of aliphatic hydroxyl groups is 1. The predicted octanol–water partition coefficient (Wildman–Crippen LogP) is 3.08. The van der Waals surface area contributed by atoms with Gasteiger partial charge in [0, 0.05) is 38.9 Å². The number of aliphatic hydroxyl groups excluding tert-OH is 1. The highest BCUT2D eigenvalue weighted by Crippen LogP contribution is 2.27. The average molecular weight is 370 g/mol. The van der Waals surface area contributed by atoms with E-state index in [4.69, 9.17) is 4.74 Å². The van der Waals surface area contributed by atoms with E-state index in [0.29, 0.717) is 19.1 Å². The molecule has 5 heteroatoms. The lowest BCUT2D eigenvalue weighted by Crippen LogP contribution is -2.49. The number of ether oxygens (including phenoxy) is 1. The summed E-state index contributed by atoms with van der Waals surface area (Å²) in [7, 11) is 0. The Hall–Kier alpha value is -2.11. The van der Waals surface area contributed by atoms with Crippen LogP contribution in [0.4, 0.5) is 5.82 Å². The molecule has 1 atom stereocenters. The van der Waals surface area contributed by atoms with E-state index in [1.807, 2.05) is 24.4 Å². The van der Waals surface area contributed by atoms with Gasteiger partial charge in [-0.1, -0.05) is 32.0 Å². The number of nitrogens with zero attached hydrogens (tertiary/aromatic N) is 3. The SMILES string of the molecule is Cc1ccc(C(C)C)c(OCC(O)CN2CCN(c3ccccn3)CC2)c1. The number of aromatic nitrogens is 1. The van der Waals surface area contributed by atoms with Crippen LogP contribution in [0.1, 0.15) is 30.9 Å². The van der Waals surface area contributed by atoms with Gasteiger partial charge in [0.15, 0.2) is 0 Å². The molecule has 0 radical (unpaired) electrons. The summed E-state index contributed by atoms with van der Waals surface area (Å²) in [6.07, 6.45) is 1.34. The molecule has 5 nitrogen and oxygen atoms in total. The Morgan fingerprint density at radius 3 is 2.56 bits per heavy atom. The Labute approximate surface area is 162 Å². The first kappa shape index (κ1) is 19.6. The minimum atomic E-state index is -0.494. The van der Waals surface area contributed by atoms with Crippen LogP contribution in [0.2, 0.25) is 0 Å². The molecular formula is C22H31N3O2. The Morgan fingerprint density at radius 1 is 1.11 bits per heavy atom. The van der Waals surface area contributed by atoms with Gasteiger partial charge in [0.1, 0.15) is 24.3 Å². The van der Waals surface area contributed by atoms with Crippen molar-refractivity contribution in [1.29, 1.82) is 0 Å². The molecule has 1 unspecified atom stereocenters. The number of hydrogen-bond acceptors (Lipinski definition) is 5. The van der Waals surface area contributed by atoms with E-state index < -0.39 is 6.10 Å². The van der Waals surface area contributed by atoms with Gasteiger partial charge in [-0.3, -0.25) is 4.90 Å². The Bertz CT molecular complexity index is 713. The first-order chi connectivity index (χ1) is 13.0. The smallest absolute Gasteiger partial charge is 0.128 e. The quantitative estimate of drug-likeness (QED) is 0.813. The molecule has 2 aromatic rings. The zero-order valence-corrected chi connectivity index (χ0v) is 16.6. The fourth-order valence-electron chi connectivity index (χ4n) is 3.48. The molecule has 1 saturated heterocycles. The van der Waals surface area contributed by atoms with Crippen LogP contribution in [-0.4, -0.2) is 60.4 Å². The molecule has 1 aliphatic rings. The van der Waals surface area contributed by atoms with Gasteiger partial charge in [0.25, 0.3) is 0 Å². The lowest BCUT2D eigenvalue weighted by Gasteiger charge is -2.36. The molecule has 3 rings (SSSR count). The van der Waals surface area contributed by atoms with Crippen molar-refractivity contribution in [3.05, 3.63) is 53.7 Å². The number of rotatable bonds is 7. The zero-order valence-electron chi connectivity index (χ0n) is 16.6. The first-order valence-electron chi connectivity index (χ1n) is 9.82. The van der Waals surface area contributed by atoms with Crippen molar-refractivity contribution < 1.29 is 9.84 Å². The number of β-amino-alcohol motifs (C(OH)–C–C–N with tert-alkyl or cyclic N) is 1. The minimum absolute atomic E-state index is 0.323. The standard InChI is InChI=1S/C22H31N3O2/c1-17(2)20-8-7-18(3)14-21(20)27-16-19(26)15-24-10-12-25(13-11-24)22-6-4-5-9-23-22/h4-9,14,17,19,26H,10-13,15-16H2,1-3H3. The molecule has 1 aromatic carbocycles. The second kappa shape index (κ2) is 9.20. The van der Waals surface area contributed by atoms with Gasteiger partial charge in [-0.05, 0) is 42.2 Å². The molecule has 27 heavy (non-hydrogen) atoms. The molecule has 1 aromatic heterocycles. The number of anilines is 1. The van der Waals surface area contributed by atoms with Crippen molar-refractivity contribution in [2.24, 2.45) is 0 Å². The maximum Gasteiger partial charge on any atom is 0.128 e. The predicted molar refractivity (Wildman–Crippen MR) is 110 cm³/mol. The van der Waals surface area contributed by atoms with Crippen molar-refractivity contribution in [3.8, 4) is 5.75 Å². The van der Waals surface area contributed by atoms with Crippen molar-refractivity contribution in [2.75, 3.05) is 44.2 Å². The minimum Gasteiger partial charge on any atom is -0.491 e. The van der Waals surface area contributed by atoms with Gasteiger partial charge in [0.05, 0.1) is 0 Å². The van der Waals surface area contributed by atoms with E-state index in [1.165, 1.54) is 11.1 Å². The number of pyridine rings is 1. The summed E-state index contributed by atoms with van der Waals surface area (Å²) < 4.78 is 5.98. The number of benzene rings is 1. The topological polar surface area (TPSA) is 48.8 Å².